The zero-order chi connectivity index (χ0) is 20.4. The molecule has 1 unspecified atom stereocenters. The fourth-order valence-corrected chi connectivity index (χ4v) is 4.75. The van der Waals surface area contributed by atoms with E-state index in [2.05, 4.69) is 20.2 Å². The number of nitrogens with one attached hydrogen (secondary N) is 1. The molecular formula is C20H17N5O2S2. The largest absolute Gasteiger partial charge is 0.309 e. The molecular weight excluding hydrogens is 406 g/mol. The molecule has 0 fully saturated rings. The summed E-state index contributed by atoms with van der Waals surface area (Å²) in [6.45, 7) is 1.94. The van der Waals surface area contributed by atoms with Crippen LogP contribution in [0.4, 0.5) is 5.13 Å². The number of para-hydroxylation sites is 1. The maximum atomic E-state index is 12.6. The topological polar surface area (TPSA) is 91.8 Å². The van der Waals surface area contributed by atoms with Gasteiger partial charge in [0, 0.05) is 12.6 Å². The Morgan fingerprint density at radius 1 is 1.10 bits per heavy atom. The van der Waals surface area contributed by atoms with Gasteiger partial charge in [-0.3, -0.25) is 14.5 Å². The number of aromatic nitrogens is 4. The third-order valence-corrected chi connectivity index (χ3v) is 6.50. The predicted molar refractivity (Wildman–Crippen MR) is 116 cm³/mol. The molecule has 4 rings (SSSR count). The summed E-state index contributed by atoms with van der Waals surface area (Å²) in [6.07, 6.45) is 0. The monoisotopic (exact) mass is 423 g/mol. The Hall–Kier alpha value is -3.04. The average Bonchev–Trinajstić information content (AvgIpc) is 3.21. The maximum absolute atomic E-state index is 12.6. The van der Waals surface area contributed by atoms with Gasteiger partial charge in [-0.25, -0.2) is 4.98 Å². The summed E-state index contributed by atoms with van der Waals surface area (Å²) in [5.41, 5.74) is 1.08. The molecule has 4 aromatic rings. The normalized spacial score (nSPS) is 12.1. The van der Waals surface area contributed by atoms with Crippen LogP contribution in [0.3, 0.4) is 0 Å². The Balaban J connectivity index is 1.52. The minimum atomic E-state index is -0.163. The van der Waals surface area contributed by atoms with Crippen LogP contribution in [-0.2, 0) is 0 Å². The zero-order valence-corrected chi connectivity index (χ0v) is 17.3. The van der Waals surface area contributed by atoms with Crippen molar-refractivity contribution >= 4 is 45.0 Å². The van der Waals surface area contributed by atoms with E-state index in [1.165, 1.54) is 28.0 Å². The molecule has 0 saturated heterocycles. The Labute approximate surface area is 174 Å². The van der Waals surface area contributed by atoms with Crippen molar-refractivity contribution in [1.82, 2.24) is 20.2 Å². The third-order valence-electron chi connectivity index (χ3n) is 4.30. The second kappa shape index (κ2) is 8.14. The van der Waals surface area contributed by atoms with Gasteiger partial charge < -0.3 is 4.98 Å². The minimum Gasteiger partial charge on any atom is -0.309 e. The SMILES string of the molecule is CC(Sc1nnc(N(C)C(=O)c2ccccc2)s1)c1nc2ccccc2c(=O)[nH]1. The fraction of sp³-hybridized carbons (Fsp3) is 0.150. The van der Waals surface area contributed by atoms with Crippen molar-refractivity contribution in [2.75, 3.05) is 11.9 Å². The molecule has 1 N–H and O–H groups in total. The summed E-state index contributed by atoms with van der Waals surface area (Å²) in [7, 11) is 1.68. The number of anilines is 1. The number of H-pyrrole nitrogens is 1. The van der Waals surface area contributed by atoms with Gasteiger partial charge in [-0.2, -0.15) is 0 Å². The summed E-state index contributed by atoms with van der Waals surface area (Å²) >= 11 is 2.75. The van der Waals surface area contributed by atoms with Crippen molar-refractivity contribution in [2.45, 2.75) is 16.5 Å². The number of carbonyl (C=O) groups is 1. The molecule has 0 aliphatic rings. The average molecular weight is 424 g/mol. The number of aromatic amines is 1. The molecule has 7 nitrogen and oxygen atoms in total. The second-order valence-electron chi connectivity index (χ2n) is 6.31. The fourth-order valence-electron chi connectivity index (χ4n) is 2.75. The van der Waals surface area contributed by atoms with E-state index in [1.54, 1.807) is 25.2 Å². The molecule has 0 spiro atoms. The summed E-state index contributed by atoms with van der Waals surface area (Å²) < 4.78 is 0.691. The van der Waals surface area contributed by atoms with Crippen molar-refractivity contribution in [3.05, 3.63) is 76.3 Å². The van der Waals surface area contributed by atoms with Crippen molar-refractivity contribution in [3.8, 4) is 0 Å². The van der Waals surface area contributed by atoms with Gasteiger partial charge >= 0.3 is 0 Å². The van der Waals surface area contributed by atoms with Crippen LogP contribution in [0.1, 0.15) is 28.4 Å². The molecule has 0 aliphatic heterocycles. The van der Waals surface area contributed by atoms with Crippen LogP contribution < -0.4 is 10.5 Å². The number of rotatable bonds is 5. The van der Waals surface area contributed by atoms with Crippen molar-refractivity contribution in [3.63, 3.8) is 0 Å². The summed E-state index contributed by atoms with van der Waals surface area (Å²) in [5.74, 6) is 0.427. The lowest BCUT2D eigenvalue weighted by molar-refractivity contribution is 0.0993. The molecule has 0 bridgehead atoms. The number of benzene rings is 2. The second-order valence-corrected chi connectivity index (χ2v) is 8.85. The molecule has 9 heteroatoms. The first kappa shape index (κ1) is 19.3. The number of hydrogen-bond donors (Lipinski definition) is 1. The van der Waals surface area contributed by atoms with Crippen LogP contribution in [0.25, 0.3) is 10.9 Å². The molecule has 2 aromatic carbocycles. The molecule has 0 radical (unpaired) electrons. The highest BCUT2D eigenvalue weighted by atomic mass is 32.2. The first-order valence-electron chi connectivity index (χ1n) is 8.85. The van der Waals surface area contributed by atoms with Crippen LogP contribution in [0.15, 0.2) is 63.7 Å². The van der Waals surface area contributed by atoms with Gasteiger partial charge in [0.15, 0.2) is 4.34 Å². The van der Waals surface area contributed by atoms with E-state index < -0.39 is 0 Å². The molecule has 2 heterocycles. The number of amides is 1. The highest BCUT2D eigenvalue weighted by Gasteiger charge is 2.20. The van der Waals surface area contributed by atoms with Gasteiger partial charge in [-0.1, -0.05) is 53.4 Å². The van der Waals surface area contributed by atoms with Crippen molar-refractivity contribution in [2.24, 2.45) is 0 Å². The lowest BCUT2D eigenvalue weighted by Crippen LogP contribution is -2.25. The molecule has 1 amide bonds. The van der Waals surface area contributed by atoms with E-state index in [4.69, 9.17) is 0 Å². The predicted octanol–water partition coefficient (Wildman–Crippen LogP) is 3.90. The highest BCUT2D eigenvalue weighted by Crippen LogP contribution is 2.37. The molecule has 29 heavy (non-hydrogen) atoms. The molecule has 2 aromatic heterocycles. The zero-order valence-electron chi connectivity index (χ0n) is 15.7. The van der Waals surface area contributed by atoms with Crippen LogP contribution in [-0.4, -0.2) is 33.1 Å². The number of hydrogen-bond acceptors (Lipinski definition) is 7. The van der Waals surface area contributed by atoms with E-state index in [0.29, 0.717) is 31.8 Å². The van der Waals surface area contributed by atoms with Crippen LogP contribution in [0, 0.1) is 0 Å². The Kier molecular flexibility index (Phi) is 5.41. The van der Waals surface area contributed by atoms with Gasteiger partial charge in [-0.05, 0) is 31.2 Å². The third kappa shape index (κ3) is 4.06. The number of carbonyl (C=O) groups excluding carboxylic acids is 1. The van der Waals surface area contributed by atoms with E-state index in [-0.39, 0.29) is 16.7 Å². The van der Waals surface area contributed by atoms with E-state index in [1.807, 2.05) is 43.3 Å². The molecule has 146 valence electrons. The standard InChI is InChI=1S/C20H17N5O2S2/c1-12(16-21-15-11-7-6-10-14(15)17(26)22-16)28-20-24-23-19(29-20)25(2)18(27)13-8-4-3-5-9-13/h3-12H,1-2H3,(H,21,22,26). The quantitative estimate of drug-likeness (QED) is 0.387. The van der Waals surface area contributed by atoms with Crippen molar-refractivity contribution in [1.29, 1.82) is 0 Å². The highest BCUT2D eigenvalue weighted by molar-refractivity contribution is 8.01. The summed E-state index contributed by atoms with van der Waals surface area (Å²) in [4.78, 5) is 33.7. The van der Waals surface area contributed by atoms with Crippen LogP contribution in [0.2, 0.25) is 0 Å². The van der Waals surface area contributed by atoms with Gasteiger partial charge in [0.25, 0.3) is 11.5 Å². The van der Waals surface area contributed by atoms with Gasteiger partial charge in [0.05, 0.1) is 16.2 Å². The molecule has 0 aliphatic carbocycles. The van der Waals surface area contributed by atoms with Gasteiger partial charge in [0.2, 0.25) is 5.13 Å². The first-order valence-corrected chi connectivity index (χ1v) is 10.5. The van der Waals surface area contributed by atoms with E-state index in [9.17, 15) is 9.59 Å². The maximum Gasteiger partial charge on any atom is 0.259 e. The number of nitrogens with zero attached hydrogens (tertiary/aromatic N) is 4. The smallest absolute Gasteiger partial charge is 0.259 e. The van der Waals surface area contributed by atoms with Crippen LogP contribution >= 0.6 is 23.1 Å². The molecule has 1 atom stereocenters. The summed E-state index contributed by atoms with van der Waals surface area (Å²) in [5, 5.41) is 9.25. The lowest BCUT2D eigenvalue weighted by atomic mass is 10.2. The lowest BCUT2D eigenvalue weighted by Gasteiger charge is -2.12. The summed E-state index contributed by atoms with van der Waals surface area (Å²) in [6, 6.07) is 16.3. The Morgan fingerprint density at radius 3 is 2.62 bits per heavy atom. The number of thioether (sulfide) groups is 1. The minimum absolute atomic E-state index is 0.136. The van der Waals surface area contributed by atoms with Crippen LogP contribution in [0.5, 0.6) is 0 Å². The van der Waals surface area contributed by atoms with Gasteiger partial charge in [0.1, 0.15) is 5.82 Å². The van der Waals surface area contributed by atoms with Crippen molar-refractivity contribution < 1.29 is 4.79 Å². The first-order chi connectivity index (χ1) is 14.0. The molecule has 0 saturated carbocycles. The van der Waals surface area contributed by atoms with E-state index in [0.717, 1.165) is 0 Å². The number of fused-ring (bicyclic) bond motifs is 1. The Morgan fingerprint density at radius 2 is 1.83 bits per heavy atom. The van der Waals surface area contributed by atoms with E-state index >= 15 is 0 Å². The van der Waals surface area contributed by atoms with Gasteiger partial charge in [-0.15, -0.1) is 10.2 Å². The Bertz CT molecular complexity index is 1220.